The number of carbonyl (C=O) groups is 4. The molecule has 3 rings (SSSR count). The van der Waals surface area contributed by atoms with E-state index in [2.05, 4.69) is 5.32 Å². The number of rotatable bonds is 7. The van der Waals surface area contributed by atoms with Crippen LogP contribution in [0.25, 0.3) is 0 Å². The summed E-state index contributed by atoms with van der Waals surface area (Å²) < 4.78 is 4.98. The van der Waals surface area contributed by atoms with Gasteiger partial charge in [-0.05, 0) is 63.6 Å². The van der Waals surface area contributed by atoms with E-state index in [0.717, 1.165) is 10.5 Å². The quantitative estimate of drug-likeness (QED) is 0.526. The molecular formula is C24H27N3O5. The Morgan fingerprint density at radius 2 is 1.81 bits per heavy atom. The SMILES string of the molecule is CCOC(=O)c1cccc(NC(=O)C[C@H]2C(=O)N(c3cccc(C)c3)C(=O)N2C(C)C)c1. The van der Waals surface area contributed by atoms with E-state index in [0.29, 0.717) is 16.9 Å². The number of imide groups is 1. The van der Waals surface area contributed by atoms with Gasteiger partial charge in [-0.1, -0.05) is 18.2 Å². The first-order valence-electron chi connectivity index (χ1n) is 10.5. The zero-order valence-corrected chi connectivity index (χ0v) is 18.6. The van der Waals surface area contributed by atoms with E-state index in [-0.39, 0.29) is 19.1 Å². The third kappa shape index (κ3) is 4.80. The molecule has 1 heterocycles. The van der Waals surface area contributed by atoms with Crippen molar-refractivity contribution in [1.29, 1.82) is 0 Å². The number of urea groups is 1. The number of benzene rings is 2. The topological polar surface area (TPSA) is 96.0 Å². The lowest BCUT2D eigenvalue weighted by Gasteiger charge is -2.25. The average molecular weight is 437 g/mol. The minimum absolute atomic E-state index is 0.200. The van der Waals surface area contributed by atoms with Crippen molar-refractivity contribution in [2.45, 2.75) is 46.2 Å². The van der Waals surface area contributed by atoms with Gasteiger partial charge in [0.15, 0.2) is 0 Å². The average Bonchev–Trinajstić information content (AvgIpc) is 2.97. The van der Waals surface area contributed by atoms with Crippen molar-refractivity contribution in [3.05, 3.63) is 59.7 Å². The van der Waals surface area contributed by atoms with E-state index in [1.165, 1.54) is 11.0 Å². The lowest BCUT2D eigenvalue weighted by Crippen LogP contribution is -2.42. The first-order valence-corrected chi connectivity index (χ1v) is 10.5. The molecule has 1 saturated heterocycles. The van der Waals surface area contributed by atoms with Crippen molar-refractivity contribution in [3.63, 3.8) is 0 Å². The fraction of sp³-hybridized carbons (Fsp3) is 0.333. The van der Waals surface area contributed by atoms with Gasteiger partial charge in [-0.2, -0.15) is 0 Å². The molecule has 32 heavy (non-hydrogen) atoms. The molecule has 1 fully saturated rings. The normalized spacial score (nSPS) is 16.0. The molecule has 2 aromatic rings. The van der Waals surface area contributed by atoms with Crippen LogP contribution in [0, 0.1) is 6.92 Å². The predicted molar refractivity (Wildman–Crippen MR) is 120 cm³/mol. The van der Waals surface area contributed by atoms with Crippen LogP contribution in [-0.4, -0.2) is 47.4 Å². The lowest BCUT2D eigenvalue weighted by molar-refractivity contribution is -0.124. The molecule has 168 valence electrons. The predicted octanol–water partition coefficient (Wildman–Crippen LogP) is 3.75. The van der Waals surface area contributed by atoms with Crippen molar-refractivity contribution in [2.24, 2.45) is 0 Å². The Labute approximate surface area is 187 Å². The highest BCUT2D eigenvalue weighted by Crippen LogP contribution is 2.29. The third-order valence-corrected chi connectivity index (χ3v) is 5.11. The van der Waals surface area contributed by atoms with Gasteiger partial charge in [0.05, 0.1) is 24.3 Å². The van der Waals surface area contributed by atoms with Gasteiger partial charge in [-0.3, -0.25) is 9.59 Å². The summed E-state index contributed by atoms with van der Waals surface area (Å²) in [7, 11) is 0. The number of hydrogen-bond donors (Lipinski definition) is 1. The number of ether oxygens (including phenoxy) is 1. The molecule has 4 amide bonds. The maximum absolute atomic E-state index is 13.2. The number of esters is 1. The second-order valence-electron chi connectivity index (χ2n) is 7.87. The smallest absolute Gasteiger partial charge is 0.338 e. The maximum Gasteiger partial charge on any atom is 0.338 e. The van der Waals surface area contributed by atoms with Crippen LogP contribution in [0.3, 0.4) is 0 Å². The Balaban J connectivity index is 1.78. The van der Waals surface area contributed by atoms with Gasteiger partial charge in [0.25, 0.3) is 5.91 Å². The van der Waals surface area contributed by atoms with Gasteiger partial charge in [0, 0.05) is 11.7 Å². The Hall–Kier alpha value is -3.68. The molecule has 0 aliphatic carbocycles. The number of amides is 4. The lowest BCUT2D eigenvalue weighted by atomic mass is 10.1. The summed E-state index contributed by atoms with van der Waals surface area (Å²) >= 11 is 0. The van der Waals surface area contributed by atoms with E-state index < -0.39 is 29.9 Å². The van der Waals surface area contributed by atoms with Gasteiger partial charge in [0.2, 0.25) is 5.91 Å². The molecule has 1 aliphatic heterocycles. The minimum atomic E-state index is -0.920. The van der Waals surface area contributed by atoms with Crippen LogP contribution in [0.1, 0.15) is 43.1 Å². The molecule has 1 N–H and O–H groups in total. The standard InChI is InChI=1S/C24H27N3O5/c1-5-32-23(30)17-9-7-10-18(13-17)25-21(28)14-20-22(29)27(24(31)26(20)15(2)3)19-11-6-8-16(4)12-19/h6-13,15,20H,5,14H2,1-4H3,(H,25,28)/t20-/m0/s1. The maximum atomic E-state index is 13.2. The Bertz CT molecular complexity index is 1050. The summed E-state index contributed by atoms with van der Waals surface area (Å²) in [6, 6.07) is 11.9. The van der Waals surface area contributed by atoms with E-state index >= 15 is 0 Å². The van der Waals surface area contributed by atoms with E-state index in [1.807, 2.05) is 13.0 Å². The fourth-order valence-corrected chi connectivity index (χ4v) is 3.71. The van der Waals surface area contributed by atoms with Crippen molar-refractivity contribution in [2.75, 3.05) is 16.8 Å². The fourth-order valence-electron chi connectivity index (χ4n) is 3.71. The summed E-state index contributed by atoms with van der Waals surface area (Å²) in [4.78, 5) is 53.5. The number of anilines is 2. The Morgan fingerprint density at radius 1 is 1.09 bits per heavy atom. The molecule has 1 atom stereocenters. The number of hydrogen-bond acceptors (Lipinski definition) is 5. The highest BCUT2D eigenvalue weighted by atomic mass is 16.5. The van der Waals surface area contributed by atoms with Crippen LogP contribution in [0.15, 0.2) is 48.5 Å². The van der Waals surface area contributed by atoms with Crippen LogP contribution >= 0.6 is 0 Å². The molecule has 0 radical (unpaired) electrons. The highest BCUT2D eigenvalue weighted by Gasteiger charge is 2.47. The first kappa shape index (κ1) is 23.0. The Morgan fingerprint density at radius 3 is 2.47 bits per heavy atom. The van der Waals surface area contributed by atoms with Crippen molar-refractivity contribution in [1.82, 2.24) is 4.90 Å². The van der Waals surface area contributed by atoms with E-state index in [9.17, 15) is 19.2 Å². The molecular weight excluding hydrogens is 410 g/mol. The first-order chi connectivity index (χ1) is 15.2. The number of aryl methyl sites for hydroxylation is 1. The van der Waals surface area contributed by atoms with Gasteiger partial charge >= 0.3 is 12.0 Å². The monoisotopic (exact) mass is 437 g/mol. The van der Waals surface area contributed by atoms with Crippen molar-refractivity contribution in [3.8, 4) is 0 Å². The number of carbonyl (C=O) groups excluding carboxylic acids is 4. The highest BCUT2D eigenvalue weighted by molar-refractivity contribution is 6.22. The molecule has 2 aromatic carbocycles. The molecule has 0 saturated carbocycles. The number of nitrogens with zero attached hydrogens (tertiary/aromatic N) is 2. The van der Waals surface area contributed by atoms with Gasteiger partial charge in [-0.15, -0.1) is 0 Å². The van der Waals surface area contributed by atoms with Crippen LogP contribution < -0.4 is 10.2 Å². The molecule has 0 spiro atoms. The molecule has 0 aromatic heterocycles. The molecule has 1 aliphatic rings. The van der Waals surface area contributed by atoms with Crippen LogP contribution in [0.2, 0.25) is 0 Å². The van der Waals surface area contributed by atoms with Crippen LogP contribution in [-0.2, 0) is 14.3 Å². The van der Waals surface area contributed by atoms with Gasteiger partial charge < -0.3 is 15.0 Å². The summed E-state index contributed by atoms with van der Waals surface area (Å²) in [5.74, 6) is -1.36. The zero-order chi connectivity index (χ0) is 23.4. The Kier molecular flexibility index (Phi) is 6.92. The van der Waals surface area contributed by atoms with Crippen LogP contribution in [0.4, 0.5) is 16.2 Å². The minimum Gasteiger partial charge on any atom is -0.462 e. The zero-order valence-electron chi connectivity index (χ0n) is 18.6. The van der Waals surface area contributed by atoms with Crippen molar-refractivity contribution < 1.29 is 23.9 Å². The van der Waals surface area contributed by atoms with Crippen LogP contribution in [0.5, 0.6) is 0 Å². The molecule has 8 heteroatoms. The molecule has 0 bridgehead atoms. The van der Waals surface area contributed by atoms with Gasteiger partial charge in [0.1, 0.15) is 6.04 Å². The second-order valence-corrected chi connectivity index (χ2v) is 7.87. The van der Waals surface area contributed by atoms with E-state index in [4.69, 9.17) is 4.74 Å². The third-order valence-electron chi connectivity index (χ3n) is 5.11. The number of nitrogens with one attached hydrogen (secondary N) is 1. The summed E-state index contributed by atoms with van der Waals surface area (Å²) in [6.07, 6.45) is -0.200. The summed E-state index contributed by atoms with van der Waals surface area (Å²) in [6.45, 7) is 7.45. The van der Waals surface area contributed by atoms with Gasteiger partial charge in [-0.25, -0.2) is 14.5 Å². The summed E-state index contributed by atoms with van der Waals surface area (Å²) in [5.41, 5.74) is 2.12. The van der Waals surface area contributed by atoms with Crippen molar-refractivity contribution >= 4 is 35.2 Å². The molecule has 0 unspecified atom stereocenters. The largest absolute Gasteiger partial charge is 0.462 e. The van der Waals surface area contributed by atoms with E-state index in [1.54, 1.807) is 57.2 Å². The second kappa shape index (κ2) is 9.64. The molecule has 8 nitrogen and oxygen atoms in total. The summed E-state index contributed by atoms with van der Waals surface area (Å²) in [5, 5.41) is 2.71.